The molecule has 0 bridgehead atoms. The fourth-order valence-electron chi connectivity index (χ4n) is 7.20. The molecule has 4 fully saturated rings. The van der Waals surface area contributed by atoms with Crippen LogP contribution in [0.25, 0.3) is 0 Å². The van der Waals surface area contributed by atoms with Crippen molar-refractivity contribution in [3.05, 3.63) is 12.7 Å². The van der Waals surface area contributed by atoms with Crippen LogP contribution in [0, 0.1) is 16.7 Å². The van der Waals surface area contributed by atoms with Gasteiger partial charge in [0.15, 0.2) is 17.5 Å². The van der Waals surface area contributed by atoms with Gasteiger partial charge in [-0.2, -0.15) is 4.21 Å². The molecular weight excluding hydrogens is 424 g/mol. The van der Waals surface area contributed by atoms with Crippen molar-refractivity contribution < 1.29 is 36.7 Å². The van der Waals surface area contributed by atoms with Gasteiger partial charge in [-0.25, -0.2) is 4.18 Å². The summed E-state index contributed by atoms with van der Waals surface area (Å²) < 4.78 is 36.6. The van der Waals surface area contributed by atoms with E-state index in [1.165, 1.54) is 13.0 Å². The lowest BCUT2D eigenvalue weighted by molar-refractivity contribution is -0.369. The molecule has 0 aromatic carbocycles. The second kappa shape index (κ2) is 6.70. The van der Waals surface area contributed by atoms with Crippen molar-refractivity contribution in [3.8, 4) is 0 Å². The van der Waals surface area contributed by atoms with Crippen LogP contribution in [0.5, 0.6) is 0 Å². The van der Waals surface area contributed by atoms with E-state index in [2.05, 4.69) is 6.58 Å². The maximum atomic E-state index is 14.0. The van der Waals surface area contributed by atoms with E-state index in [-0.39, 0.29) is 12.2 Å². The van der Waals surface area contributed by atoms with Crippen LogP contribution in [-0.4, -0.2) is 56.2 Å². The molecule has 8 nitrogen and oxygen atoms in total. The molecule has 9 heteroatoms. The minimum Gasteiger partial charge on any atom is -0.457 e. The van der Waals surface area contributed by atoms with Crippen LogP contribution < -0.4 is 0 Å². The minimum atomic E-state index is -2.21. The molecule has 1 N–H and O–H groups in total. The third-order valence-corrected chi connectivity index (χ3v) is 9.10. The molecule has 2 saturated heterocycles. The molecule has 1 spiro atoms. The Labute approximate surface area is 185 Å². The van der Waals surface area contributed by atoms with Gasteiger partial charge in [0.1, 0.15) is 5.60 Å². The summed E-state index contributed by atoms with van der Waals surface area (Å²) in [6, 6.07) is 0. The standard InChI is InChI=1S/C22H32O8S/c1-8-19(5)11-13(24)22-20(6)14(28-31(26)30-22)9-10-18(3,4)16(20)15(25)17(27-12(2)23)21(22,7)29-19/h8,14-17,25H,1,9-11H2,2-7H3/t14-,15-,16?,17-,19-,20-,21+,22-,31?/m0/s1. The highest BCUT2D eigenvalue weighted by Crippen LogP contribution is 2.70. The molecule has 31 heavy (non-hydrogen) atoms. The van der Waals surface area contributed by atoms with Gasteiger partial charge in [-0.3, -0.25) is 13.8 Å². The van der Waals surface area contributed by atoms with Crippen LogP contribution in [0.4, 0.5) is 0 Å². The molecule has 2 aliphatic heterocycles. The molecule has 4 aliphatic rings. The van der Waals surface area contributed by atoms with E-state index in [0.29, 0.717) is 12.8 Å². The van der Waals surface area contributed by atoms with Crippen molar-refractivity contribution in [1.29, 1.82) is 0 Å². The van der Waals surface area contributed by atoms with E-state index >= 15 is 0 Å². The highest BCUT2D eigenvalue weighted by Gasteiger charge is 2.84. The molecule has 2 heterocycles. The molecule has 0 radical (unpaired) electrons. The smallest absolute Gasteiger partial charge is 0.306 e. The number of carbonyl (C=O) groups is 2. The summed E-state index contributed by atoms with van der Waals surface area (Å²) in [6.07, 6.45) is -0.305. The maximum absolute atomic E-state index is 14.0. The first kappa shape index (κ1) is 23.0. The lowest BCUT2D eigenvalue weighted by Gasteiger charge is -2.73. The van der Waals surface area contributed by atoms with Crippen molar-refractivity contribution in [2.24, 2.45) is 16.7 Å². The molecule has 4 rings (SSSR count). The largest absolute Gasteiger partial charge is 0.457 e. The fourth-order valence-corrected chi connectivity index (χ4v) is 8.37. The fraction of sp³-hybridized carbons (Fsp3) is 0.818. The Morgan fingerprint density at radius 1 is 1.29 bits per heavy atom. The quantitative estimate of drug-likeness (QED) is 0.497. The SMILES string of the molecule is C=C[C@@]1(C)CC(=O)[C@@]23OS(=O)O[C@H]4CCC(C)(C)C([C@H](O)[C@H](OC(C)=O)[C@@]2(C)O1)[C@]43C. The number of aliphatic hydroxyl groups excluding tert-OH is 1. The van der Waals surface area contributed by atoms with Crippen molar-refractivity contribution in [1.82, 2.24) is 0 Å². The number of rotatable bonds is 2. The molecule has 9 atom stereocenters. The van der Waals surface area contributed by atoms with Gasteiger partial charge < -0.3 is 14.6 Å². The first-order chi connectivity index (χ1) is 14.2. The summed E-state index contributed by atoms with van der Waals surface area (Å²) in [7, 11) is 0. The number of hydrogen-bond acceptors (Lipinski definition) is 8. The summed E-state index contributed by atoms with van der Waals surface area (Å²) >= 11 is -2.21. The summed E-state index contributed by atoms with van der Waals surface area (Å²) in [5.41, 5.74) is -5.98. The lowest BCUT2D eigenvalue weighted by atomic mass is 9.39. The van der Waals surface area contributed by atoms with Crippen molar-refractivity contribution in [2.75, 3.05) is 0 Å². The molecule has 0 aromatic rings. The van der Waals surface area contributed by atoms with E-state index in [4.69, 9.17) is 17.8 Å². The lowest BCUT2D eigenvalue weighted by Crippen LogP contribution is -2.88. The summed E-state index contributed by atoms with van der Waals surface area (Å²) in [5, 5.41) is 11.7. The van der Waals surface area contributed by atoms with Crippen molar-refractivity contribution in [2.45, 2.75) is 95.9 Å². The number of aliphatic hydroxyl groups is 1. The van der Waals surface area contributed by atoms with Crippen molar-refractivity contribution in [3.63, 3.8) is 0 Å². The normalized spacial score (nSPS) is 53.1. The molecule has 2 aliphatic carbocycles. The predicted octanol–water partition coefficient (Wildman–Crippen LogP) is 2.16. The number of carbonyl (C=O) groups excluding carboxylic acids is 2. The number of hydrogen-bond donors (Lipinski definition) is 1. The molecule has 174 valence electrons. The summed E-state index contributed by atoms with van der Waals surface area (Å²) in [5.74, 6) is -1.49. The number of ether oxygens (including phenoxy) is 2. The van der Waals surface area contributed by atoms with Gasteiger partial charge in [-0.15, -0.1) is 6.58 Å². The third kappa shape index (κ3) is 2.70. The van der Waals surface area contributed by atoms with Gasteiger partial charge in [0.2, 0.25) is 0 Å². The van der Waals surface area contributed by atoms with Gasteiger partial charge in [0.05, 0.1) is 17.8 Å². The molecule has 0 aromatic heterocycles. The molecule has 0 amide bonds. The molecule has 2 saturated carbocycles. The number of ketones is 1. The van der Waals surface area contributed by atoms with Gasteiger partial charge in [-0.05, 0) is 32.1 Å². The van der Waals surface area contributed by atoms with E-state index < -0.39 is 69.2 Å². The van der Waals surface area contributed by atoms with E-state index in [9.17, 15) is 18.9 Å². The second-order valence-corrected chi connectivity index (χ2v) is 11.5. The summed E-state index contributed by atoms with van der Waals surface area (Å²) in [4.78, 5) is 26.1. The zero-order valence-electron chi connectivity index (χ0n) is 18.9. The highest BCUT2D eigenvalue weighted by atomic mass is 32.2. The van der Waals surface area contributed by atoms with Crippen LogP contribution in [0.2, 0.25) is 0 Å². The van der Waals surface area contributed by atoms with Crippen molar-refractivity contribution >= 4 is 23.1 Å². The third-order valence-electron chi connectivity index (χ3n) is 8.32. The van der Waals surface area contributed by atoms with Gasteiger partial charge >= 0.3 is 17.3 Å². The Hall–Kier alpha value is -1.13. The topological polar surface area (TPSA) is 108 Å². The highest BCUT2D eigenvalue weighted by molar-refractivity contribution is 7.75. The van der Waals surface area contributed by atoms with Crippen LogP contribution in [0.1, 0.15) is 60.8 Å². The Balaban J connectivity index is 2.05. The van der Waals surface area contributed by atoms with E-state index in [0.717, 1.165) is 0 Å². The average molecular weight is 457 g/mol. The second-order valence-electron chi connectivity index (χ2n) is 10.7. The van der Waals surface area contributed by atoms with Gasteiger partial charge in [0.25, 0.3) is 0 Å². The first-order valence-electron chi connectivity index (χ1n) is 10.7. The molecule has 2 unspecified atom stereocenters. The van der Waals surface area contributed by atoms with E-state index in [1.54, 1.807) is 13.8 Å². The maximum Gasteiger partial charge on any atom is 0.306 e. The minimum absolute atomic E-state index is 0.0539. The van der Waals surface area contributed by atoms with Gasteiger partial charge in [-0.1, -0.05) is 26.8 Å². The average Bonchev–Trinajstić information content (AvgIpc) is 2.63. The number of esters is 1. The molecular formula is C22H32O8S. The van der Waals surface area contributed by atoms with E-state index in [1.807, 2.05) is 20.8 Å². The van der Waals surface area contributed by atoms with Crippen LogP contribution in [-0.2, 0) is 38.8 Å². The first-order valence-corrected chi connectivity index (χ1v) is 11.7. The number of Topliss-reactive ketones (excluding diaryl/α,β-unsaturated/α-hetero) is 1. The zero-order valence-corrected chi connectivity index (χ0v) is 19.7. The Morgan fingerprint density at radius 3 is 2.52 bits per heavy atom. The zero-order chi connectivity index (χ0) is 23.2. The van der Waals surface area contributed by atoms with Crippen LogP contribution in [0.15, 0.2) is 12.7 Å². The van der Waals surface area contributed by atoms with Crippen LogP contribution >= 0.6 is 0 Å². The van der Waals surface area contributed by atoms with Crippen LogP contribution in [0.3, 0.4) is 0 Å². The van der Waals surface area contributed by atoms with Gasteiger partial charge in [0, 0.05) is 24.7 Å². The predicted molar refractivity (Wildman–Crippen MR) is 111 cm³/mol. The Kier molecular flexibility index (Phi) is 4.98. The monoisotopic (exact) mass is 456 g/mol. The Bertz CT molecular complexity index is 872. The Morgan fingerprint density at radius 2 is 1.94 bits per heavy atom. The summed E-state index contributed by atoms with van der Waals surface area (Å²) in [6.45, 7) is 14.2.